The third-order valence-electron chi connectivity index (χ3n) is 6.56. The van der Waals surface area contributed by atoms with E-state index in [0.717, 1.165) is 28.3 Å². The van der Waals surface area contributed by atoms with Crippen LogP contribution in [0.25, 0.3) is 33.1 Å². The number of aliphatic imine (C=N–C) groups is 1. The standard InChI is InChI=1S/C27H27ClN6O3/c1-4-11-37-27(36)34-10-9-33(16-25(34)29-2)26(35)18-5-7-20-21(28)14-22(31-23(20)13-18)17-6-8-24-19(12-17)15-30-32(24)3/h5-8,12-15,25H,2,4,9-11,16H2,1,3H3/t25-/m0/s1. The van der Waals surface area contributed by atoms with Gasteiger partial charge in [-0.05, 0) is 43.5 Å². The smallest absolute Gasteiger partial charge is 0.411 e. The van der Waals surface area contributed by atoms with Gasteiger partial charge in [-0.15, -0.1) is 0 Å². The molecular weight excluding hydrogens is 492 g/mol. The molecule has 0 N–H and O–H groups in total. The van der Waals surface area contributed by atoms with Gasteiger partial charge < -0.3 is 9.64 Å². The average molecular weight is 519 g/mol. The predicted molar refractivity (Wildman–Crippen MR) is 144 cm³/mol. The summed E-state index contributed by atoms with van der Waals surface area (Å²) in [5.74, 6) is -0.169. The first-order chi connectivity index (χ1) is 17.9. The third-order valence-corrected chi connectivity index (χ3v) is 6.88. The lowest BCUT2D eigenvalue weighted by atomic mass is 10.1. The largest absolute Gasteiger partial charge is 0.449 e. The molecule has 2 aromatic carbocycles. The lowest BCUT2D eigenvalue weighted by Crippen LogP contribution is -2.56. The molecule has 1 atom stereocenters. The number of benzene rings is 2. The number of carbonyl (C=O) groups is 2. The highest BCUT2D eigenvalue weighted by Gasteiger charge is 2.33. The highest BCUT2D eigenvalue weighted by atomic mass is 35.5. The first-order valence-electron chi connectivity index (χ1n) is 12.1. The second kappa shape index (κ2) is 10.2. The van der Waals surface area contributed by atoms with Crippen molar-refractivity contribution in [3.63, 3.8) is 0 Å². The molecule has 2 amide bonds. The molecule has 9 nitrogen and oxygen atoms in total. The molecule has 10 heteroatoms. The van der Waals surface area contributed by atoms with E-state index >= 15 is 0 Å². The Hall–Kier alpha value is -3.98. The summed E-state index contributed by atoms with van der Waals surface area (Å²) in [4.78, 5) is 37.8. The van der Waals surface area contributed by atoms with Gasteiger partial charge in [0.1, 0.15) is 6.17 Å². The minimum atomic E-state index is -0.566. The van der Waals surface area contributed by atoms with Crippen molar-refractivity contribution in [1.29, 1.82) is 0 Å². The van der Waals surface area contributed by atoms with Gasteiger partial charge in [0, 0.05) is 42.0 Å². The Kier molecular flexibility index (Phi) is 6.80. The molecule has 0 radical (unpaired) electrons. The summed E-state index contributed by atoms with van der Waals surface area (Å²) in [5, 5.41) is 6.62. The Labute approximate surface area is 219 Å². The second-order valence-corrected chi connectivity index (χ2v) is 9.39. The van der Waals surface area contributed by atoms with E-state index in [4.69, 9.17) is 21.3 Å². The monoisotopic (exact) mass is 518 g/mol. The maximum atomic E-state index is 13.4. The van der Waals surface area contributed by atoms with Crippen molar-refractivity contribution in [2.24, 2.45) is 12.0 Å². The van der Waals surface area contributed by atoms with E-state index in [0.29, 0.717) is 41.5 Å². The number of halogens is 1. The van der Waals surface area contributed by atoms with Gasteiger partial charge in [-0.3, -0.25) is 19.4 Å². The van der Waals surface area contributed by atoms with E-state index in [1.54, 1.807) is 17.0 Å². The highest BCUT2D eigenvalue weighted by Crippen LogP contribution is 2.30. The van der Waals surface area contributed by atoms with Crippen molar-refractivity contribution in [2.45, 2.75) is 19.5 Å². The zero-order chi connectivity index (χ0) is 26.1. The number of aromatic nitrogens is 3. The number of rotatable bonds is 5. The zero-order valence-corrected chi connectivity index (χ0v) is 21.5. The number of pyridine rings is 1. The van der Waals surface area contributed by atoms with Crippen LogP contribution in [0.4, 0.5) is 4.79 Å². The molecule has 190 valence electrons. The van der Waals surface area contributed by atoms with Gasteiger partial charge in [0.15, 0.2) is 0 Å². The SMILES string of the molecule is C=N[C@@H]1CN(C(=O)c2ccc3c(Cl)cc(-c4ccc5c(cnn5C)c4)nc3c2)CCN1C(=O)OCCC. The van der Waals surface area contributed by atoms with Gasteiger partial charge in [-0.1, -0.05) is 30.7 Å². The van der Waals surface area contributed by atoms with Crippen LogP contribution >= 0.6 is 11.6 Å². The van der Waals surface area contributed by atoms with Gasteiger partial charge in [0.25, 0.3) is 5.91 Å². The van der Waals surface area contributed by atoms with E-state index in [1.165, 1.54) is 4.90 Å². The van der Waals surface area contributed by atoms with E-state index in [-0.39, 0.29) is 12.5 Å². The van der Waals surface area contributed by atoms with E-state index in [1.807, 2.05) is 55.2 Å². The molecule has 0 aliphatic carbocycles. The fourth-order valence-electron chi connectivity index (χ4n) is 4.56. The number of piperazine rings is 1. The van der Waals surface area contributed by atoms with E-state index in [2.05, 4.69) is 16.8 Å². The van der Waals surface area contributed by atoms with Crippen LogP contribution in [0.1, 0.15) is 23.7 Å². The maximum Gasteiger partial charge on any atom is 0.411 e. The molecule has 5 rings (SSSR count). The average Bonchev–Trinajstić information content (AvgIpc) is 3.30. The summed E-state index contributed by atoms with van der Waals surface area (Å²) >= 11 is 6.61. The number of hydrogen-bond acceptors (Lipinski definition) is 6. The fourth-order valence-corrected chi connectivity index (χ4v) is 4.83. The lowest BCUT2D eigenvalue weighted by molar-refractivity contribution is 0.0396. The van der Waals surface area contributed by atoms with Crippen molar-refractivity contribution in [1.82, 2.24) is 24.6 Å². The van der Waals surface area contributed by atoms with Crippen molar-refractivity contribution in [2.75, 3.05) is 26.2 Å². The topological polar surface area (TPSA) is 92.9 Å². The Morgan fingerprint density at radius 1 is 1.19 bits per heavy atom. The summed E-state index contributed by atoms with van der Waals surface area (Å²) in [6, 6.07) is 13.2. The van der Waals surface area contributed by atoms with Gasteiger partial charge >= 0.3 is 6.09 Å². The van der Waals surface area contributed by atoms with Gasteiger partial charge in [-0.25, -0.2) is 9.78 Å². The van der Waals surface area contributed by atoms with Crippen molar-refractivity contribution < 1.29 is 14.3 Å². The van der Waals surface area contributed by atoms with Crippen molar-refractivity contribution in [3.8, 4) is 11.3 Å². The number of ether oxygens (including phenoxy) is 1. The number of nitrogens with zero attached hydrogens (tertiary/aromatic N) is 6. The van der Waals surface area contributed by atoms with Crippen LogP contribution in [0.2, 0.25) is 5.02 Å². The summed E-state index contributed by atoms with van der Waals surface area (Å²) in [6.07, 6.45) is 1.54. The molecule has 1 saturated heterocycles. The van der Waals surface area contributed by atoms with Gasteiger partial charge in [-0.2, -0.15) is 5.10 Å². The lowest BCUT2D eigenvalue weighted by Gasteiger charge is -2.38. The summed E-state index contributed by atoms with van der Waals surface area (Å²) in [5.41, 5.74) is 3.75. The molecule has 1 aliphatic rings. The summed E-state index contributed by atoms with van der Waals surface area (Å²) in [6.45, 7) is 6.79. The van der Waals surface area contributed by atoms with Gasteiger partial charge in [0.2, 0.25) is 0 Å². The van der Waals surface area contributed by atoms with Gasteiger partial charge in [0.05, 0.1) is 41.1 Å². The van der Waals surface area contributed by atoms with Crippen LogP contribution in [0.3, 0.4) is 0 Å². The number of hydrogen-bond donors (Lipinski definition) is 0. The molecule has 0 spiro atoms. The minimum absolute atomic E-state index is 0.169. The van der Waals surface area contributed by atoms with E-state index < -0.39 is 12.3 Å². The molecule has 4 aromatic rings. The van der Waals surface area contributed by atoms with Crippen LogP contribution < -0.4 is 0 Å². The minimum Gasteiger partial charge on any atom is -0.449 e. The Morgan fingerprint density at radius 2 is 2.03 bits per heavy atom. The molecule has 0 saturated carbocycles. The molecule has 1 fully saturated rings. The predicted octanol–water partition coefficient (Wildman–Crippen LogP) is 4.77. The normalized spacial score (nSPS) is 15.8. The molecule has 37 heavy (non-hydrogen) atoms. The van der Waals surface area contributed by atoms with Crippen molar-refractivity contribution in [3.05, 3.63) is 59.2 Å². The Bertz CT molecular complexity index is 1520. The maximum absolute atomic E-state index is 13.4. The Morgan fingerprint density at radius 3 is 2.81 bits per heavy atom. The van der Waals surface area contributed by atoms with Crippen LogP contribution in [-0.2, 0) is 11.8 Å². The number of aryl methyl sites for hydroxylation is 1. The van der Waals surface area contributed by atoms with Crippen LogP contribution in [0, 0.1) is 0 Å². The molecule has 3 heterocycles. The van der Waals surface area contributed by atoms with E-state index in [9.17, 15) is 9.59 Å². The second-order valence-electron chi connectivity index (χ2n) is 8.99. The molecule has 0 bridgehead atoms. The third kappa shape index (κ3) is 4.74. The Balaban J connectivity index is 1.41. The number of amides is 2. The molecule has 0 unspecified atom stereocenters. The highest BCUT2D eigenvalue weighted by molar-refractivity contribution is 6.35. The molecule has 1 aliphatic heterocycles. The van der Waals surface area contributed by atoms with Crippen LogP contribution in [-0.4, -0.2) is 75.7 Å². The quantitative estimate of drug-likeness (QED) is 0.355. The van der Waals surface area contributed by atoms with Crippen molar-refractivity contribution >= 4 is 52.1 Å². The zero-order valence-electron chi connectivity index (χ0n) is 20.7. The summed E-state index contributed by atoms with van der Waals surface area (Å²) < 4.78 is 7.06. The van der Waals surface area contributed by atoms with Crippen LogP contribution in [0.5, 0.6) is 0 Å². The molecular formula is C27H27ClN6O3. The summed E-state index contributed by atoms with van der Waals surface area (Å²) in [7, 11) is 1.90. The molecule has 2 aromatic heterocycles. The van der Waals surface area contributed by atoms with Crippen LogP contribution in [0.15, 0.2) is 53.7 Å². The first-order valence-corrected chi connectivity index (χ1v) is 12.5. The fraction of sp³-hybridized carbons (Fsp3) is 0.296. The first kappa shape index (κ1) is 24.7. The number of fused-ring (bicyclic) bond motifs is 2. The number of carbonyl (C=O) groups excluding carboxylic acids is 2.